The topological polar surface area (TPSA) is 126 Å². The number of benzene rings is 1. The maximum Gasteiger partial charge on any atom is 0.318 e. The van der Waals surface area contributed by atoms with Gasteiger partial charge in [0.2, 0.25) is 0 Å². The molecule has 6 aliphatic rings. The summed E-state index contributed by atoms with van der Waals surface area (Å²) in [4.78, 5) is 20.7. The number of nitrogens with zero attached hydrogens (tertiary/aromatic N) is 7. The Balaban J connectivity index is 0.000000323. The van der Waals surface area contributed by atoms with Crippen molar-refractivity contribution < 1.29 is 27.4 Å². The molecule has 15 heteroatoms. The molecule has 4 atom stereocenters. The first-order valence-electron chi connectivity index (χ1n) is 17.3. The number of hydrogen-bond donors (Lipinski definition) is 1. The van der Waals surface area contributed by atoms with E-state index in [4.69, 9.17) is 24.9 Å². The van der Waals surface area contributed by atoms with Gasteiger partial charge in [-0.1, -0.05) is 0 Å². The molecule has 4 unspecified atom stereocenters. The SMILES string of the molecule is COc1nc(N2C3CCC2CN(C2COC2)C3)c2c3c(c(-c4ncc(F)c5sc(N)c(C#N)c45)c(F)c2n1)COC3.FC1CC2CCCN2C1. The number of nitrogen functional groups attached to an aromatic ring is 1. The standard InChI is InChI=1S/C28H25F2N7O3S.C7H12FN/c1-38-28-34-24-21(27(35-28)37-12-2-3-13(37)7-36(6-12)14-8-39-9-14)17-11-40-10-16(17)19(22(24)30)23-20-15(4-31)26(32)41-25(20)18(29)5-33-23;8-6-4-7-2-1-3-9(7)5-6/h5,12-14H,2-3,6-11,32H2,1H3;6-7H,1-5H2. The number of methoxy groups -OCH3 is 1. The highest BCUT2D eigenvalue weighted by Gasteiger charge is 2.45. The van der Waals surface area contributed by atoms with E-state index in [9.17, 15) is 14.0 Å². The second-order valence-corrected chi connectivity index (χ2v) is 15.1. The van der Waals surface area contributed by atoms with E-state index < -0.39 is 17.8 Å². The predicted octanol–water partition coefficient (Wildman–Crippen LogP) is 4.92. The molecule has 9 heterocycles. The number of piperazine rings is 1. The molecule has 6 aliphatic heterocycles. The lowest BCUT2D eigenvalue weighted by molar-refractivity contribution is -0.0705. The zero-order chi connectivity index (χ0) is 34.3. The lowest BCUT2D eigenvalue weighted by Crippen LogP contribution is -2.61. The minimum Gasteiger partial charge on any atom is -0.467 e. The lowest BCUT2D eigenvalue weighted by atomic mass is 9.93. The van der Waals surface area contributed by atoms with Gasteiger partial charge in [-0.05, 0) is 49.8 Å². The molecule has 5 saturated heterocycles. The van der Waals surface area contributed by atoms with Crippen LogP contribution in [-0.2, 0) is 22.7 Å². The molecule has 0 saturated carbocycles. The zero-order valence-corrected chi connectivity index (χ0v) is 28.4. The first-order valence-corrected chi connectivity index (χ1v) is 18.1. The van der Waals surface area contributed by atoms with Gasteiger partial charge in [-0.15, -0.1) is 11.3 Å². The highest BCUT2D eigenvalue weighted by molar-refractivity contribution is 7.23. The van der Waals surface area contributed by atoms with Gasteiger partial charge in [0.25, 0.3) is 0 Å². The molecule has 10 rings (SSSR count). The summed E-state index contributed by atoms with van der Waals surface area (Å²) in [5.74, 6) is -0.617. The van der Waals surface area contributed by atoms with Crippen LogP contribution in [0.4, 0.5) is 24.0 Å². The summed E-state index contributed by atoms with van der Waals surface area (Å²) in [7, 11) is 1.46. The van der Waals surface area contributed by atoms with Crippen LogP contribution in [0.1, 0.15) is 48.8 Å². The van der Waals surface area contributed by atoms with Gasteiger partial charge in [-0.2, -0.15) is 15.2 Å². The summed E-state index contributed by atoms with van der Waals surface area (Å²) < 4.78 is 61.3. The van der Waals surface area contributed by atoms with E-state index in [1.54, 1.807) is 0 Å². The van der Waals surface area contributed by atoms with Gasteiger partial charge in [-0.3, -0.25) is 14.8 Å². The van der Waals surface area contributed by atoms with Crippen molar-refractivity contribution in [3.05, 3.63) is 34.5 Å². The van der Waals surface area contributed by atoms with Gasteiger partial charge < -0.3 is 24.8 Å². The normalized spacial score (nSPS) is 26.2. The Labute approximate surface area is 290 Å². The number of fused-ring (bicyclic) bond motifs is 7. The van der Waals surface area contributed by atoms with Crippen molar-refractivity contribution in [1.29, 1.82) is 5.26 Å². The summed E-state index contributed by atoms with van der Waals surface area (Å²) in [6, 6.07) is 3.58. The fraction of sp³-hybridized carbons (Fsp3) is 0.543. The van der Waals surface area contributed by atoms with Gasteiger partial charge in [-0.25, -0.2) is 13.2 Å². The average Bonchev–Trinajstić information content (AvgIpc) is 3.90. The van der Waals surface area contributed by atoms with E-state index in [0.717, 1.165) is 75.2 Å². The fourth-order valence-corrected chi connectivity index (χ4v) is 9.87. The number of hydrogen-bond acceptors (Lipinski definition) is 12. The molecule has 0 aliphatic carbocycles. The smallest absolute Gasteiger partial charge is 0.318 e. The summed E-state index contributed by atoms with van der Waals surface area (Å²) in [5, 5.41) is 10.8. The van der Waals surface area contributed by atoms with Crippen molar-refractivity contribution in [2.75, 3.05) is 57.1 Å². The first kappa shape index (κ1) is 32.1. The number of likely N-dealkylation sites (tertiary alicyclic amines) is 1. The predicted molar refractivity (Wildman–Crippen MR) is 182 cm³/mol. The van der Waals surface area contributed by atoms with Gasteiger partial charge in [0, 0.05) is 48.7 Å². The molecule has 1 aromatic carbocycles. The molecule has 50 heavy (non-hydrogen) atoms. The van der Waals surface area contributed by atoms with Crippen molar-refractivity contribution in [3.63, 3.8) is 0 Å². The molecule has 0 amide bonds. The van der Waals surface area contributed by atoms with Crippen LogP contribution in [0.2, 0.25) is 0 Å². The van der Waals surface area contributed by atoms with Gasteiger partial charge >= 0.3 is 6.01 Å². The molecule has 4 aromatic rings. The van der Waals surface area contributed by atoms with Crippen molar-refractivity contribution in [3.8, 4) is 23.3 Å². The van der Waals surface area contributed by atoms with Crippen LogP contribution in [0.25, 0.3) is 32.2 Å². The maximum atomic E-state index is 16.9. The summed E-state index contributed by atoms with van der Waals surface area (Å²) in [6.07, 6.45) is 5.87. The third-order valence-corrected chi connectivity index (χ3v) is 12.4. The Bertz CT molecular complexity index is 2030. The second-order valence-electron chi connectivity index (χ2n) is 14.1. The number of nitriles is 1. The molecule has 5 fully saturated rings. The fourth-order valence-electron chi connectivity index (χ4n) is 8.95. The van der Waals surface area contributed by atoms with Crippen molar-refractivity contribution in [2.45, 2.75) is 75.7 Å². The van der Waals surface area contributed by atoms with Crippen LogP contribution < -0.4 is 15.4 Å². The van der Waals surface area contributed by atoms with Gasteiger partial charge in [0.1, 0.15) is 28.6 Å². The number of pyridine rings is 1. The minimum atomic E-state index is -0.641. The highest BCUT2D eigenvalue weighted by atomic mass is 32.1. The van der Waals surface area contributed by atoms with E-state index >= 15 is 4.39 Å². The van der Waals surface area contributed by atoms with Crippen LogP contribution in [0, 0.1) is 23.0 Å². The van der Waals surface area contributed by atoms with Crippen molar-refractivity contribution in [2.24, 2.45) is 0 Å². The number of ether oxygens (including phenoxy) is 3. The van der Waals surface area contributed by atoms with Crippen molar-refractivity contribution in [1.82, 2.24) is 24.8 Å². The quantitative estimate of drug-likeness (QED) is 0.311. The average molecular weight is 707 g/mol. The first-order chi connectivity index (χ1) is 24.3. The largest absolute Gasteiger partial charge is 0.467 e. The van der Waals surface area contributed by atoms with Crippen LogP contribution in [-0.4, -0.2) is 102 Å². The number of anilines is 2. The molecule has 3 aromatic heterocycles. The van der Waals surface area contributed by atoms with E-state index in [1.165, 1.54) is 20.0 Å². The molecule has 0 radical (unpaired) electrons. The number of halogens is 3. The molecular formula is C35H37F3N8O3S. The van der Waals surface area contributed by atoms with Gasteiger partial charge in [0.15, 0.2) is 11.6 Å². The second kappa shape index (κ2) is 12.4. The summed E-state index contributed by atoms with van der Waals surface area (Å²) >= 11 is 0.947. The third-order valence-electron chi connectivity index (χ3n) is 11.3. The number of alkyl halides is 1. The van der Waals surface area contributed by atoms with Crippen LogP contribution in [0.15, 0.2) is 6.20 Å². The molecule has 262 valence electrons. The number of nitrogens with two attached hydrogens (primary N) is 1. The van der Waals surface area contributed by atoms with E-state index in [-0.39, 0.29) is 68.7 Å². The monoisotopic (exact) mass is 706 g/mol. The summed E-state index contributed by atoms with van der Waals surface area (Å²) in [5.41, 5.74) is 7.86. The Kier molecular flexibility index (Phi) is 8.00. The van der Waals surface area contributed by atoms with E-state index in [2.05, 4.69) is 24.7 Å². The number of rotatable bonds is 4. The maximum absolute atomic E-state index is 16.9. The molecular weight excluding hydrogens is 669 g/mol. The van der Waals surface area contributed by atoms with Crippen LogP contribution >= 0.6 is 11.3 Å². The Morgan fingerprint density at radius 1 is 0.980 bits per heavy atom. The van der Waals surface area contributed by atoms with E-state index in [0.29, 0.717) is 35.4 Å². The summed E-state index contributed by atoms with van der Waals surface area (Å²) in [6.45, 7) is 5.51. The molecule has 2 bridgehead atoms. The Hall–Kier alpha value is -3.81. The number of aromatic nitrogens is 3. The van der Waals surface area contributed by atoms with Crippen LogP contribution in [0.3, 0.4) is 0 Å². The Morgan fingerprint density at radius 3 is 2.46 bits per heavy atom. The highest BCUT2D eigenvalue weighted by Crippen LogP contribution is 2.48. The van der Waals surface area contributed by atoms with E-state index in [1.807, 2.05) is 6.07 Å². The Morgan fingerprint density at radius 2 is 1.76 bits per heavy atom. The zero-order valence-electron chi connectivity index (χ0n) is 27.6. The minimum absolute atomic E-state index is 0.0557. The third kappa shape index (κ3) is 5.02. The van der Waals surface area contributed by atoms with Gasteiger partial charge in [0.05, 0.1) is 67.1 Å². The molecule has 0 spiro atoms. The number of thiophene rings is 1. The molecule has 11 nitrogen and oxygen atoms in total. The van der Waals surface area contributed by atoms with Crippen LogP contribution in [0.5, 0.6) is 6.01 Å². The lowest BCUT2D eigenvalue weighted by Gasteiger charge is -2.47. The van der Waals surface area contributed by atoms with Crippen molar-refractivity contribution >= 4 is 43.1 Å². The molecule has 2 N–H and O–H groups in total.